The molecule has 0 amide bonds. The Morgan fingerprint density at radius 1 is 0.941 bits per heavy atom. The van der Waals surface area contributed by atoms with Crippen LogP contribution in [0, 0.1) is 6.92 Å². The largest absolute Gasteiger partial charge is 0.367 e. The highest BCUT2D eigenvalue weighted by Crippen LogP contribution is 2.25. The van der Waals surface area contributed by atoms with Crippen LogP contribution in [0.25, 0.3) is 22.4 Å². The third-order valence-electron chi connectivity index (χ3n) is 6.37. The normalized spacial score (nSPS) is 15.3. The number of hydrogen-bond acceptors (Lipinski definition) is 8. The van der Waals surface area contributed by atoms with E-state index in [0.717, 1.165) is 73.0 Å². The summed E-state index contributed by atoms with van der Waals surface area (Å²) in [6, 6.07) is 10.2. The lowest BCUT2D eigenvalue weighted by molar-refractivity contribution is 0.152. The van der Waals surface area contributed by atoms with E-state index in [2.05, 4.69) is 53.3 Å². The van der Waals surface area contributed by atoms with Crippen molar-refractivity contribution in [1.82, 2.24) is 34.6 Å². The Kier molecular flexibility index (Phi) is 8.37. The molecule has 0 radical (unpaired) electrons. The second-order valence-electron chi connectivity index (χ2n) is 9.52. The van der Waals surface area contributed by atoms with E-state index in [4.69, 9.17) is 19.9 Å². The third kappa shape index (κ3) is 6.46. The predicted octanol–water partition coefficient (Wildman–Crippen LogP) is 2.94. The summed E-state index contributed by atoms with van der Waals surface area (Å²) in [7, 11) is 6.34. The predicted molar refractivity (Wildman–Crippen MR) is 139 cm³/mol. The molecule has 1 N–H and O–H groups in total. The van der Waals surface area contributed by atoms with Gasteiger partial charge >= 0.3 is 0 Å². The van der Waals surface area contributed by atoms with Crippen molar-refractivity contribution in [2.24, 2.45) is 0 Å². The molecule has 1 saturated heterocycles. The van der Waals surface area contributed by atoms with Crippen molar-refractivity contribution in [1.29, 1.82) is 0 Å². The lowest BCUT2D eigenvalue weighted by Crippen LogP contribution is -2.44. The molecule has 1 aliphatic rings. The molecule has 1 aromatic carbocycles. The van der Waals surface area contributed by atoms with E-state index in [-0.39, 0.29) is 0 Å². The van der Waals surface area contributed by atoms with Crippen LogP contribution < -0.4 is 5.32 Å². The van der Waals surface area contributed by atoms with Gasteiger partial charge in [0.15, 0.2) is 17.0 Å². The van der Waals surface area contributed by atoms with E-state index < -0.39 is 0 Å². The molecule has 34 heavy (non-hydrogen) atoms. The molecule has 2 aromatic heterocycles. The molecule has 0 spiro atoms. The summed E-state index contributed by atoms with van der Waals surface area (Å²) < 4.78 is 0. The highest BCUT2D eigenvalue weighted by Gasteiger charge is 2.16. The summed E-state index contributed by atoms with van der Waals surface area (Å²) in [5.41, 5.74) is 4.24. The van der Waals surface area contributed by atoms with E-state index in [1.165, 1.54) is 26.2 Å². The summed E-state index contributed by atoms with van der Waals surface area (Å²) in [5, 5.41) is 3.50. The first kappa shape index (κ1) is 24.4. The zero-order valence-electron chi connectivity index (χ0n) is 21.1. The zero-order valence-corrected chi connectivity index (χ0v) is 21.1. The molecule has 1 fully saturated rings. The van der Waals surface area contributed by atoms with Crippen molar-refractivity contribution >= 4 is 17.0 Å². The van der Waals surface area contributed by atoms with Crippen LogP contribution in [-0.4, -0.2) is 102 Å². The molecular weight excluding hydrogens is 424 g/mol. The fraction of sp³-hybridized carbons (Fsp3) is 0.538. The quantitative estimate of drug-likeness (QED) is 0.461. The summed E-state index contributed by atoms with van der Waals surface area (Å²) in [6.07, 6.45) is 3.09. The van der Waals surface area contributed by atoms with Crippen LogP contribution in [0.5, 0.6) is 0 Å². The lowest BCUT2D eigenvalue weighted by atomic mass is 10.1. The molecule has 8 heteroatoms. The SMILES string of the molecule is Cc1nc2nc(CCCCN3CCN(C)CC3)nc(NCCN(C)C)c2nc1-c1ccccc1. The van der Waals surface area contributed by atoms with Gasteiger partial charge in [-0.25, -0.2) is 19.9 Å². The number of hydrogen-bond donors (Lipinski definition) is 1. The maximum Gasteiger partial charge on any atom is 0.184 e. The van der Waals surface area contributed by atoms with Crippen LogP contribution in [0.3, 0.4) is 0 Å². The average molecular weight is 463 g/mol. The van der Waals surface area contributed by atoms with Crippen LogP contribution in [0.1, 0.15) is 24.4 Å². The molecule has 0 aliphatic carbocycles. The van der Waals surface area contributed by atoms with Crippen LogP contribution in [0.4, 0.5) is 5.82 Å². The smallest absolute Gasteiger partial charge is 0.184 e. The maximum absolute atomic E-state index is 4.97. The van der Waals surface area contributed by atoms with Gasteiger partial charge in [-0.05, 0) is 47.5 Å². The van der Waals surface area contributed by atoms with Gasteiger partial charge in [0.1, 0.15) is 5.82 Å². The van der Waals surface area contributed by atoms with Crippen molar-refractivity contribution in [3.63, 3.8) is 0 Å². The number of rotatable bonds is 10. The summed E-state index contributed by atoms with van der Waals surface area (Å²) in [5.74, 6) is 1.63. The molecule has 8 nitrogen and oxygen atoms in total. The Morgan fingerprint density at radius 3 is 2.44 bits per heavy atom. The molecule has 182 valence electrons. The van der Waals surface area contributed by atoms with Gasteiger partial charge in [0.25, 0.3) is 0 Å². The zero-order chi connectivity index (χ0) is 23.9. The van der Waals surface area contributed by atoms with Gasteiger partial charge in [-0.2, -0.15) is 0 Å². The molecule has 0 atom stereocenters. The van der Waals surface area contributed by atoms with Crippen molar-refractivity contribution in [2.75, 3.05) is 72.3 Å². The van der Waals surface area contributed by atoms with Gasteiger partial charge in [-0.1, -0.05) is 30.3 Å². The monoisotopic (exact) mass is 462 g/mol. The standard InChI is InChI=1S/C26H38N8/c1-20-23(21-10-6-5-7-11-21)31-24-25(27-13-15-32(2)3)29-22(30-26(24)28-20)12-8-9-14-34-18-16-33(4)17-19-34/h5-7,10-11H,8-9,12-19H2,1-4H3,(H,27,28,29,30). The maximum atomic E-state index is 4.97. The van der Waals surface area contributed by atoms with E-state index in [0.29, 0.717) is 5.65 Å². The minimum atomic E-state index is 0.675. The van der Waals surface area contributed by atoms with Crippen LogP contribution in [-0.2, 0) is 6.42 Å². The number of piperazine rings is 1. The van der Waals surface area contributed by atoms with Crippen molar-refractivity contribution in [3.8, 4) is 11.3 Å². The van der Waals surface area contributed by atoms with Crippen molar-refractivity contribution < 1.29 is 0 Å². The second-order valence-corrected chi connectivity index (χ2v) is 9.52. The van der Waals surface area contributed by atoms with Crippen LogP contribution in [0.2, 0.25) is 0 Å². The molecule has 4 rings (SSSR count). The number of likely N-dealkylation sites (N-methyl/N-ethyl adjacent to an activating group) is 2. The summed E-state index contributed by atoms with van der Waals surface area (Å²) in [4.78, 5) is 26.6. The highest BCUT2D eigenvalue weighted by atomic mass is 15.2. The van der Waals surface area contributed by atoms with Gasteiger partial charge in [0.05, 0.1) is 11.4 Å². The number of nitrogens with zero attached hydrogens (tertiary/aromatic N) is 7. The van der Waals surface area contributed by atoms with Crippen molar-refractivity contribution in [3.05, 3.63) is 41.9 Å². The molecule has 0 unspecified atom stereocenters. The summed E-state index contributed by atoms with van der Waals surface area (Å²) in [6.45, 7) is 9.52. The molecule has 1 aliphatic heterocycles. The minimum Gasteiger partial charge on any atom is -0.367 e. The van der Waals surface area contributed by atoms with Crippen LogP contribution >= 0.6 is 0 Å². The first-order valence-electron chi connectivity index (χ1n) is 12.4. The number of fused-ring (bicyclic) bond motifs is 1. The van der Waals surface area contributed by atoms with E-state index >= 15 is 0 Å². The summed E-state index contributed by atoms with van der Waals surface area (Å²) >= 11 is 0. The van der Waals surface area contributed by atoms with Gasteiger partial charge in [0.2, 0.25) is 0 Å². The van der Waals surface area contributed by atoms with Crippen LogP contribution in [0.15, 0.2) is 30.3 Å². The Labute approximate surface area is 203 Å². The molecule has 3 aromatic rings. The van der Waals surface area contributed by atoms with Gasteiger partial charge in [0, 0.05) is 51.3 Å². The van der Waals surface area contributed by atoms with E-state index in [1.54, 1.807) is 0 Å². The highest BCUT2D eigenvalue weighted by molar-refractivity contribution is 5.84. The minimum absolute atomic E-state index is 0.675. The van der Waals surface area contributed by atoms with Gasteiger partial charge in [-0.15, -0.1) is 0 Å². The number of nitrogens with one attached hydrogen (secondary N) is 1. The third-order valence-corrected chi connectivity index (χ3v) is 6.37. The number of benzene rings is 1. The fourth-order valence-electron chi connectivity index (χ4n) is 4.27. The molecule has 0 saturated carbocycles. The topological polar surface area (TPSA) is 73.3 Å². The number of aryl methyl sites for hydroxylation is 2. The Bertz CT molecular complexity index is 1060. The fourth-order valence-corrected chi connectivity index (χ4v) is 4.27. The average Bonchev–Trinajstić information content (AvgIpc) is 2.83. The Hall–Kier alpha value is -2.68. The lowest BCUT2D eigenvalue weighted by Gasteiger charge is -2.32. The van der Waals surface area contributed by atoms with Crippen molar-refractivity contribution in [2.45, 2.75) is 26.2 Å². The Morgan fingerprint density at radius 2 is 1.71 bits per heavy atom. The van der Waals surface area contributed by atoms with Gasteiger partial charge < -0.3 is 20.0 Å². The number of unbranched alkanes of at least 4 members (excludes halogenated alkanes) is 1. The number of anilines is 1. The molecule has 0 bridgehead atoms. The first-order chi connectivity index (χ1) is 16.5. The number of aromatic nitrogens is 4. The Balaban J connectivity index is 1.51. The second kappa shape index (κ2) is 11.6. The molecule has 3 heterocycles. The molecular formula is C26H38N8. The van der Waals surface area contributed by atoms with Gasteiger partial charge in [-0.3, -0.25) is 0 Å². The first-order valence-corrected chi connectivity index (χ1v) is 12.4. The van der Waals surface area contributed by atoms with E-state index in [9.17, 15) is 0 Å². The van der Waals surface area contributed by atoms with E-state index in [1.807, 2.05) is 25.1 Å².